The number of carbonyl (C=O) groups excluding carboxylic acids is 1. The van der Waals surface area contributed by atoms with Crippen LogP contribution in [0.3, 0.4) is 0 Å². The molecule has 1 heterocycles. The zero-order valence-electron chi connectivity index (χ0n) is 11.7. The van der Waals surface area contributed by atoms with Gasteiger partial charge in [-0.1, -0.05) is 18.2 Å². The van der Waals surface area contributed by atoms with E-state index in [1.54, 1.807) is 7.11 Å². The predicted molar refractivity (Wildman–Crippen MR) is 75.4 cm³/mol. The molecular formula is C15H22N2O2. The lowest BCUT2D eigenvalue weighted by atomic mass is 10.1. The fraction of sp³-hybridized carbons (Fsp3) is 0.533. The van der Waals surface area contributed by atoms with Gasteiger partial charge in [-0.15, -0.1) is 0 Å². The summed E-state index contributed by atoms with van der Waals surface area (Å²) in [5.74, 6) is 0.970. The number of nitrogens with one attached hydrogen (secondary N) is 1. The van der Waals surface area contributed by atoms with E-state index in [1.165, 1.54) is 0 Å². The van der Waals surface area contributed by atoms with Gasteiger partial charge >= 0.3 is 0 Å². The Morgan fingerprint density at radius 1 is 1.42 bits per heavy atom. The molecule has 1 atom stereocenters. The molecule has 1 aromatic rings. The number of amides is 1. The van der Waals surface area contributed by atoms with Gasteiger partial charge in [0.1, 0.15) is 5.75 Å². The monoisotopic (exact) mass is 262 g/mol. The Labute approximate surface area is 114 Å². The number of carbonyl (C=O) groups is 1. The molecule has 0 bridgehead atoms. The van der Waals surface area contributed by atoms with Crippen molar-refractivity contribution in [2.24, 2.45) is 0 Å². The lowest BCUT2D eigenvalue weighted by Gasteiger charge is -2.20. The molecule has 104 valence electrons. The number of benzene rings is 1. The normalized spacial score (nSPS) is 19.9. The fourth-order valence-electron chi connectivity index (χ4n) is 2.38. The van der Waals surface area contributed by atoms with Crippen molar-refractivity contribution in [2.75, 3.05) is 26.7 Å². The quantitative estimate of drug-likeness (QED) is 0.896. The summed E-state index contributed by atoms with van der Waals surface area (Å²) in [7, 11) is 1.64. The van der Waals surface area contributed by atoms with Gasteiger partial charge in [-0.05, 0) is 19.4 Å². The highest BCUT2D eigenvalue weighted by Crippen LogP contribution is 2.18. The van der Waals surface area contributed by atoms with Crippen LogP contribution in [0.4, 0.5) is 0 Å². The Bertz CT molecular complexity index is 434. The van der Waals surface area contributed by atoms with Crippen LogP contribution in [-0.4, -0.2) is 43.6 Å². The van der Waals surface area contributed by atoms with Crippen molar-refractivity contribution in [1.82, 2.24) is 10.2 Å². The number of ether oxygens (including phenoxy) is 1. The van der Waals surface area contributed by atoms with E-state index in [1.807, 2.05) is 29.2 Å². The summed E-state index contributed by atoms with van der Waals surface area (Å²) >= 11 is 0. The minimum absolute atomic E-state index is 0.181. The van der Waals surface area contributed by atoms with Gasteiger partial charge in [-0.25, -0.2) is 0 Å². The van der Waals surface area contributed by atoms with Crippen molar-refractivity contribution in [3.05, 3.63) is 29.8 Å². The van der Waals surface area contributed by atoms with Gasteiger partial charge < -0.3 is 15.0 Å². The molecule has 2 rings (SSSR count). The Morgan fingerprint density at radius 3 is 3.00 bits per heavy atom. The zero-order valence-corrected chi connectivity index (χ0v) is 11.7. The van der Waals surface area contributed by atoms with Crippen molar-refractivity contribution in [2.45, 2.75) is 25.8 Å². The lowest BCUT2D eigenvalue weighted by Crippen LogP contribution is -2.35. The molecule has 0 radical (unpaired) electrons. The van der Waals surface area contributed by atoms with Crippen LogP contribution in [-0.2, 0) is 11.2 Å². The first-order valence-electron chi connectivity index (χ1n) is 6.83. The van der Waals surface area contributed by atoms with E-state index in [2.05, 4.69) is 12.2 Å². The highest BCUT2D eigenvalue weighted by molar-refractivity contribution is 5.79. The molecule has 4 heteroatoms. The second-order valence-corrected chi connectivity index (χ2v) is 5.01. The predicted octanol–water partition coefficient (Wildman–Crippen LogP) is 1.45. The van der Waals surface area contributed by atoms with Gasteiger partial charge in [0.2, 0.25) is 5.91 Å². The van der Waals surface area contributed by atoms with Gasteiger partial charge in [0.05, 0.1) is 13.5 Å². The summed E-state index contributed by atoms with van der Waals surface area (Å²) in [5, 5.41) is 3.40. The fourth-order valence-corrected chi connectivity index (χ4v) is 2.38. The minimum atomic E-state index is 0.181. The number of nitrogens with zero attached hydrogens (tertiary/aromatic N) is 1. The highest BCUT2D eigenvalue weighted by atomic mass is 16.5. The molecule has 0 spiro atoms. The van der Waals surface area contributed by atoms with Crippen LogP contribution in [0.5, 0.6) is 5.75 Å². The minimum Gasteiger partial charge on any atom is -0.496 e. The van der Waals surface area contributed by atoms with Gasteiger partial charge in [-0.2, -0.15) is 0 Å². The Kier molecular flexibility index (Phi) is 4.80. The maximum Gasteiger partial charge on any atom is 0.227 e. The molecule has 0 aromatic heterocycles. The average Bonchev–Trinajstić information content (AvgIpc) is 2.64. The summed E-state index contributed by atoms with van der Waals surface area (Å²) in [6, 6.07) is 8.20. The van der Waals surface area contributed by atoms with Crippen molar-refractivity contribution in [3.63, 3.8) is 0 Å². The van der Waals surface area contributed by atoms with E-state index in [4.69, 9.17) is 4.74 Å². The Hall–Kier alpha value is -1.55. The first-order chi connectivity index (χ1) is 9.20. The largest absolute Gasteiger partial charge is 0.496 e. The molecule has 1 aromatic carbocycles. The Morgan fingerprint density at radius 2 is 2.21 bits per heavy atom. The zero-order chi connectivity index (χ0) is 13.7. The number of hydrogen-bond donors (Lipinski definition) is 1. The van der Waals surface area contributed by atoms with Crippen LogP contribution < -0.4 is 10.1 Å². The van der Waals surface area contributed by atoms with E-state index in [0.29, 0.717) is 12.5 Å². The maximum absolute atomic E-state index is 12.3. The van der Waals surface area contributed by atoms with Crippen LogP contribution in [0.1, 0.15) is 18.9 Å². The van der Waals surface area contributed by atoms with Crippen molar-refractivity contribution >= 4 is 5.91 Å². The van der Waals surface area contributed by atoms with Gasteiger partial charge in [0.25, 0.3) is 0 Å². The van der Waals surface area contributed by atoms with Crippen molar-refractivity contribution in [3.8, 4) is 5.75 Å². The third kappa shape index (κ3) is 3.70. The van der Waals surface area contributed by atoms with Crippen LogP contribution in [0, 0.1) is 0 Å². The van der Waals surface area contributed by atoms with Crippen molar-refractivity contribution < 1.29 is 9.53 Å². The molecule has 1 aliphatic rings. The molecule has 1 fully saturated rings. The summed E-state index contributed by atoms with van der Waals surface area (Å²) < 4.78 is 5.29. The van der Waals surface area contributed by atoms with E-state index in [-0.39, 0.29) is 5.91 Å². The molecule has 1 N–H and O–H groups in total. The topological polar surface area (TPSA) is 41.6 Å². The SMILES string of the molecule is COc1ccccc1CC(=O)N1CCNC(C)CC1. The van der Waals surface area contributed by atoms with E-state index < -0.39 is 0 Å². The summed E-state index contributed by atoms with van der Waals surface area (Å²) in [5.41, 5.74) is 0.959. The maximum atomic E-state index is 12.3. The molecule has 1 saturated heterocycles. The van der Waals surface area contributed by atoms with Crippen LogP contribution in [0.2, 0.25) is 0 Å². The lowest BCUT2D eigenvalue weighted by molar-refractivity contribution is -0.130. The summed E-state index contributed by atoms with van der Waals surface area (Å²) in [4.78, 5) is 14.3. The average molecular weight is 262 g/mol. The molecule has 1 amide bonds. The summed E-state index contributed by atoms with van der Waals surface area (Å²) in [6.45, 7) is 4.66. The van der Waals surface area contributed by atoms with Gasteiger partial charge in [0.15, 0.2) is 0 Å². The van der Waals surface area contributed by atoms with E-state index in [0.717, 1.165) is 37.4 Å². The van der Waals surface area contributed by atoms with Crippen LogP contribution in [0.15, 0.2) is 24.3 Å². The third-order valence-electron chi connectivity index (χ3n) is 3.59. The second kappa shape index (κ2) is 6.57. The first-order valence-corrected chi connectivity index (χ1v) is 6.83. The number of methoxy groups -OCH3 is 1. The Balaban J connectivity index is 2.00. The van der Waals surface area contributed by atoms with Crippen LogP contribution in [0.25, 0.3) is 0 Å². The van der Waals surface area contributed by atoms with E-state index >= 15 is 0 Å². The second-order valence-electron chi connectivity index (χ2n) is 5.01. The molecule has 19 heavy (non-hydrogen) atoms. The van der Waals surface area contributed by atoms with Gasteiger partial charge in [0, 0.05) is 31.2 Å². The number of hydrogen-bond acceptors (Lipinski definition) is 3. The molecular weight excluding hydrogens is 240 g/mol. The van der Waals surface area contributed by atoms with Crippen molar-refractivity contribution in [1.29, 1.82) is 0 Å². The molecule has 0 saturated carbocycles. The summed E-state index contributed by atoms with van der Waals surface area (Å²) in [6.07, 6.45) is 1.43. The smallest absolute Gasteiger partial charge is 0.227 e. The molecule has 1 aliphatic heterocycles. The van der Waals surface area contributed by atoms with Gasteiger partial charge in [-0.3, -0.25) is 4.79 Å². The standard InChI is InChI=1S/C15H22N2O2/c1-12-7-9-17(10-8-16-12)15(18)11-13-5-3-4-6-14(13)19-2/h3-6,12,16H,7-11H2,1-2H3. The van der Waals surface area contributed by atoms with Crippen LogP contribution >= 0.6 is 0 Å². The number of para-hydroxylation sites is 1. The molecule has 0 aliphatic carbocycles. The highest BCUT2D eigenvalue weighted by Gasteiger charge is 2.19. The molecule has 4 nitrogen and oxygen atoms in total. The third-order valence-corrected chi connectivity index (χ3v) is 3.59. The van der Waals surface area contributed by atoms with E-state index in [9.17, 15) is 4.79 Å². The first kappa shape index (κ1) is 13.9. The number of rotatable bonds is 3. The molecule has 1 unspecified atom stereocenters.